The van der Waals surface area contributed by atoms with Gasteiger partial charge in [0.2, 0.25) is 0 Å². The summed E-state index contributed by atoms with van der Waals surface area (Å²) in [6, 6.07) is 1.98. The van der Waals surface area contributed by atoms with Crippen molar-refractivity contribution in [3.05, 3.63) is 16.5 Å². The van der Waals surface area contributed by atoms with Crippen LogP contribution in [0.3, 0.4) is 0 Å². The van der Waals surface area contributed by atoms with Crippen molar-refractivity contribution in [2.24, 2.45) is 0 Å². The zero-order valence-electron chi connectivity index (χ0n) is 8.75. The lowest BCUT2D eigenvalue weighted by molar-refractivity contribution is 0.802. The first-order valence-electron chi connectivity index (χ1n) is 4.82. The van der Waals surface area contributed by atoms with Crippen LogP contribution in [0.15, 0.2) is 15.7 Å². The Bertz CT molecular complexity index is 302. The third-order valence-electron chi connectivity index (χ3n) is 1.55. The number of aromatic nitrogens is 2. The van der Waals surface area contributed by atoms with E-state index in [1.54, 1.807) is 11.8 Å². The topological polar surface area (TPSA) is 25.8 Å². The molecular formula is C10H15BrN2S. The highest BCUT2D eigenvalue weighted by atomic mass is 79.9. The summed E-state index contributed by atoms with van der Waals surface area (Å²) >= 11 is 5.18. The number of rotatable bonds is 4. The molecule has 0 aliphatic rings. The van der Waals surface area contributed by atoms with Crippen LogP contribution in [0.5, 0.6) is 0 Å². The van der Waals surface area contributed by atoms with Gasteiger partial charge < -0.3 is 0 Å². The lowest BCUT2D eigenvalue weighted by Gasteiger charge is -2.06. The Hall–Kier alpha value is -0.0900. The van der Waals surface area contributed by atoms with Gasteiger partial charge in [-0.15, -0.1) is 11.8 Å². The van der Waals surface area contributed by atoms with Gasteiger partial charge in [-0.3, -0.25) is 0 Å². The lowest BCUT2D eigenvalue weighted by Crippen LogP contribution is -1.98. The molecule has 0 amide bonds. The van der Waals surface area contributed by atoms with Gasteiger partial charge in [0.1, 0.15) is 15.5 Å². The van der Waals surface area contributed by atoms with Crippen molar-refractivity contribution in [1.29, 1.82) is 0 Å². The van der Waals surface area contributed by atoms with Crippen LogP contribution in [0.25, 0.3) is 0 Å². The van der Waals surface area contributed by atoms with E-state index in [4.69, 9.17) is 0 Å². The average molecular weight is 275 g/mol. The van der Waals surface area contributed by atoms with E-state index in [9.17, 15) is 0 Å². The van der Waals surface area contributed by atoms with Gasteiger partial charge in [-0.2, -0.15) is 0 Å². The molecule has 2 nitrogen and oxygen atoms in total. The molecule has 0 aliphatic heterocycles. The minimum atomic E-state index is 0.561. The van der Waals surface area contributed by atoms with E-state index in [1.165, 1.54) is 0 Å². The molecule has 1 rings (SSSR count). The van der Waals surface area contributed by atoms with Gasteiger partial charge in [-0.1, -0.05) is 20.8 Å². The number of hydrogen-bond acceptors (Lipinski definition) is 3. The van der Waals surface area contributed by atoms with E-state index in [-0.39, 0.29) is 0 Å². The second-order valence-electron chi connectivity index (χ2n) is 3.36. The quantitative estimate of drug-likeness (QED) is 0.619. The maximum Gasteiger partial charge on any atom is 0.130 e. The van der Waals surface area contributed by atoms with Crippen LogP contribution in [-0.4, -0.2) is 15.2 Å². The van der Waals surface area contributed by atoms with Crippen molar-refractivity contribution in [1.82, 2.24) is 9.97 Å². The van der Waals surface area contributed by atoms with Crippen LogP contribution in [0.1, 0.15) is 33.0 Å². The highest BCUT2D eigenvalue weighted by molar-refractivity contribution is 9.10. The molecule has 78 valence electrons. The van der Waals surface area contributed by atoms with Crippen LogP contribution >= 0.6 is 27.7 Å². The van der Waals surface area contributed by atoms with Crippen molar-refractivity contribution < 1.29 is 0 Å². The molecule has 0 atom stereocenters. The predicted octanol–water partition coefficient (Wildman–Crippen LogP) is 3.69. The molecule has 0 fully saturated rings. The molecule has 0 radical (unpaired) electrons. The Morgan fingerprint density at radius 2 is 2.14 bits per heavy atom. The van der Waals surface area contributed by atoms with Crippen LogP contribution in [0, 0.1) is 0 Å². The molecule has 14 heavy (non-hydrogen) atoms. The van der Waals surface area contributed by atoms with Gasteiger partial charge in [-0.05, 0) is 22.4 Å². The first-order valence-corrected chi connectivity index (χ1v) is 6.49. The van der Waals surface area contributed by atoms with Crippen LogP contribution in [-0.2, 0) is 6.42 Å². The molecule has 0 unspecified atom stereocenters. The molecule has 4 heteroatoms. The number of halogens is 1. The van der Waals surface area contributed by atoms with E-state index >= 15 is 0 Å². The molecule has 0 spiro atoms. The Morgan fingerprint density at radius 1 is 1.43 bits per heavy atom. The molecule has 0 aromatic carbocycles. The van der Waals surface area contributed by atoms with Crippen molar-refractivity contribution in [3.63, 3.8) is 0 Å². The molecule has 0 saturated carbocycles. The molecule has 0 saturated heterocycles. The highest BCUT2D eigenvalue weighted by Crippen LogP contribution is 2.23. The summed E-state index contributed by atoms with van der Waals surface area (Å²) in [4.78, 5) is 8.81. The van der Waals surface area contributed by atoms with Crippen molar-refractivity contribution in [2.45, 2.75) is 43.9 Å². The Kier molecular flexibility index (Phi) is 4.89. The first-order chi connectivity index (χ1) is 6.61. The van der Waals surface area contributed by atoms with Gasteiger partial charge in [0.15, 0.2) is 0 Å². The Labute approximate surface area is 98.1 Å². The van der Waals surface area contributed by atoms with E-state index in [0.717, 1.165) is 28.3 Å². The third kappa shape index (κ3) is 3.96. The van der Waals surface area contributed by atoms with Crippen molar-refractivity contribution >= 4 is 27.7 Å². The van der Waals surface area contributed by atoms with Gasteiger partial charge in [0.05, 0.1) is 0 Å². The summed E-state index contributed by atoms with van der Waals surface area (Å²) < 4.78 is 0.888. The number of thioether (sulfide) groups is 1. The SMILES string of the molecule is CCCc1nc(Br)cc(SC(C)C)n1. The fraction of sp³-hybridized carbons (Fsp3) is 0.600. The highest BCUT2D eigenvalue weighted by Gasteiger charge is 2.04. The molecule has 1 aromatic heterocycles. The second-order valence-corrected chi connectivity index (χ2v) is 5.77. The van der Waals surface area contributed by atoms with Crippen molar-refractivity contribution in [2.75, 3.05) is 0 Å². The smallest absolute Gasteiger partial charge is 0.130 e. The average Bonchev–Trinajstić information content (AvgIpc) is 2.01. The fourth-order valence-corrected chi connectivity index (χ4v) is 2.47. The number of hydrogen-bond donors (Lipinski definition) is 0. The van der Waals surface area contributed by atoms with E-state index in [1.807, 2.05) is 6.07 Å². The number of aryl methyl sites for hydroxylation is 1. The third-order valence-corrected chi connectivity index (χ3v) is 2.88. The maximum absolute atomic E-state index is 4.49. The Morgan fingerprint density at radius 3 is 2.71 bits per heavy atom. The zero-order valence-corrected chi connectivity index (χ0v) is 11.2. The van der Waals surface area contributed by atoms with Crippen LogP contribution in [0.2, 0.25) is 0 Å². The maximum atomic E-state index is 4.49. The molecule has 0 N–H and O–H groups in total. The van der Waals surface area contributed by atoms with E-state index in [2.05, 4.69) is 46.7 Å². The summed E-state index contributed by atoms with van der Waals surface area (Å²) in [6.07, 6.45) is 2.04. The Balaban J connectivity index is 2.83. The summed E-state index contributed by atoms with van der Waals surface area (Å²) in [5, 5.41) is 1.62. The van der Waals surface area contributed by atoms with Crippen LogP contribution < -0.4 is 0 Å². The minimum Gasteiger partial charge on any atom is -0.227 e. The van der Waals surface area contributed by atoms with Gasteiger partial charge in [0, 0.05) is 17.7 Å². The minimum absolute atomic E-state index is 0.561. The normalized spacial score (nSPS) is 10.9. The second kappa shape index (κ2) is 5.71. The molecule has 0 bridgehead atoms. The molecule has 0 aliphatic carbocycles. The van der Waals surface area contributed by atoms with Gasteiger partial charge in [-0.25, -0.2) is 9.97 Å². The summed E-state index contributed by atoms with van der Waals surface area (Å²) in [7, 11) is 0. The largest absolute Gasteiger partial charge is 0.227 e. The van der Waals surface area contributed by atoms with Gasteiger partial charge >= 0.3 is 0 Å². The summed E-state index contributed by atoms with van der Waals surface area (Å²) in [6.45, 7) is 6.47. The summed E-state index contributed by atoms with van der Waals surface area (Å²) in [5.74, 6) is 0.935. The lowest BCUT2D eigenvalue weighted by atomic mass is 10.3. The van der Waals surface area contributed by atoms with E-state index in [0.29, 0.717) is 5.25 Å². The van der Waals surface area contributed by atoms with Crippen molar-refractivity contribution in [3.8, 4) is 0 Å². The molecular weight excluding hydrogens is 260 g/mol. The molecule has 1 aromatic rings. The van der Waals surface area contributed by atoms with Crippen LogP contribution in [0.4, 0.5) is 0 Å². The zero-order chi connectivity index (χ0) is 10.6. The van der Waals surface area contributed by atoms with Gasteiger partial charge in [0.25, 0.3) is 0 Å². The standard InChI is InChI=1S/C10H15BrN2S/c1-4-5-9-12-8(11)6-10(13-9)14-7(2)3/h6-7H,4-5H2,1-3H3. The summed E-state index contributed by atoms with van der Waals surface area (Å²) in [5.41, 5.74) is 0. The molecule has 1 heterocycles. The van der Waals surface area contributed by atoms with E-state index < -0.39 is 0 Å². The number of nitrogens with zero attached hydrogens (tertiary/aromatic N) is 2. The first kappa shape index (κ1) is 12.0. The predicted molar refractivity (Wildman–Crippen MR) is 64.7 cm³/mol. The fourth-order valence-electron chi connectivity index (χ4n) is 1.08. The monoisotopic (exact) mass is 274 g/mol.